The van der Waals surface area contributed by atoms with Crippen molar-refractivity contribution in [1.82, 2.24) is 10.3 Å². The molecule has 0 radical (unpaired) electrons. The van der Waals surface area contributed by atoms with Crippen LogP contribution in [0.3, 0.4) is 0 Å². The highest BCUT2D eigenvalue weighted by molar-refractivity contribution is 7.99. The first kappa shape index (κ1) is 13.6. The van der Waals surface area contributed by atoms with Crippen molar-refractivity contribution in [3.8, 4) is 0 Å². The van der Waals surface area contributed by atoms with E-state index in [1.165, 1.54) is 4.90 Å². The molecule has 1 amide bonds. The number of rotatable bonds is 6. The van der Waals surface area contributed by atoms with E-state index < -0.39 is 0 Å². The van der Waals surface area contributed by atoms with Crippen LogP contribution < -0.4 is 5.32 Å². The number of nitrogens with one attached hydrogen (secondary N) is 1. The van der Waals surface area contributed by atoms with Crippen molar-refractivity contribution in [3.05, 3.63) is 60.4 Å². The molecule has 2 aromatic rings. The Hall–Kier alpha value is -1.81. The summed E-state index contributed by atoms with van der Waals surface area (Å²) in [7, 11) is 0. The third-order valence-electron chi connectivity index (χ3n) is 2.56. The summed E-state index contributed by atoms with van der Waals surface area (Å²) in [5.74, 6) is 0.980. The van der Waals surface area contributed by atoms with Gasteiger partial charge < -0.3 is 5.32 Å². The van der Waals surface area contributed by atoms with Gasteiger partial charge in [-0.3, -0.25) is 9.78 Å². The lowest BCUT2D eigenvalue weighted by molar-refractivity contribution is 0.0954. The van der Waals surface area contributed by atoms with E-state index in [9.17, 15) is 4.79 Å². The summed E-state index contributed by atoms with van der Waals surface area (Å²) in [5.41, 5.74) is 0.712. The molecule has 0 bridgehead atoms. The Kier molecular flexibility index (Phi) is 5.44. The van der Waals surface area contributed by atoms with Gasteiger partial charge >= 0.3 is 0 Å². The molecule has 0 atom stereocenters. The van der Waals surface area contributed by atoms with Gasteiger partial charge in [0.1, 0.15) is 0 Å². The number of thioether (sulfide) groups is 1. The second kappa shape index (κ2) is 7.59. The quantitative estimate of drug-likeness (QED) is 0.649. The molecule has 2 rings (SSSR count). The highest BCUT2D eigenvalue weighted by Crippen LogP contribution is 2.16. The number of pyridine rings is 1. The number of hydrogen-bond acceptors (Lipinski definition) is 3. The zero-order chi connectivity index (χ0) is 13.3. The predicted molar refractivity (Wildman–Crippen MR) is 78.4 cm³/mol. The topological polar surface area (TPSA) is 42.0 Å². The molecule has 0 saturated heterocycles. The van der Waals surface area contributed by atoms with Gasteiger partial charge in [-0.05, 0) is 36.4 Å². The molecule has 0 spiro atoms. The van der Waals surface area contributed by atoms with Gasteiger partial charge in [0.05, 0.1) is 0 Å². The highest BCUT2D eigenvalue weighted by Gasteiger charge is 2.02. The van der Waals surface area contributed by atoms with Gasteiger partial charge in [-0.1, -0.05) is 18.2 Å². The molecule has 0 aliphatic heterocycles. The molecule has 1 aromatic heterocycles. The first-order valence-electron chi connectivity index (χ1n) is 6.22. The number of carbonyl (C=O) groups excluding carboxylic acids is 1. The van der Waals surface area contributed by atoms with Crippen LogP contribution in [-0.4, -0.2) is 23.2 Å². The summed E-state index contributed by atoms with van der Waals surface area (Å²) in [6.07, 6.45) is 4.53. The van der Waals surface area contributed by atoms with Gasteiger partial charge in [0, 0.05) is 29.4 Å². The van der Waals surface area contributed by atoms with E-state index in [-0.39, 0.29) is 5.91 Å². The van der Waals surface area contributed by atoms with Crippen LogP contribution in [0.2, 0.25) is 0 Å². The van der Waals surface area contributed by atoms with E-state index in [0.29, 0.717) is 12.1 Å². The molecule has 1 N–H and O–H groups in total. The number of nitrogens with zero attached hydrogens (tertiary/aromatic N) is 1. The minimum Gasteiger partial charge on any atom is -0.352 e. The number of hydrogen-bond donors (Lipinski definition) is 1. The average molecular weight is 272 g/mol. The summed E-state index contributed by atoms with van der Waals surface area (Å²) < 4.78 is 0. The van der Waals surface area contributed by atoms with Crippen molar-refractivity contribution in [1.29, 1.82) is 0 Å². The number of benzene rings is 1. The predicted octanol–water partition coefficient (Wildman–Crippen LogP) is 2.99. The van der Waals surface area contributed by atoms with Crippen molar-refractivity contribution in [2.24, 2.45) is 0 Å². The molecular weight excluding hydrogens is 256 g/mol. The SMILES string of the molecule is O=C(NCCCSc1ccncc1)c1ccccc1. The van der Waals surface area contributed by atoms with Crippen LogP contribution in [0.15, 0.2) is 59.8 Å². The van der Waals surface area contributed by atoms with E-state index in [1.807, 2.05) is 42.5 Å². The van der Waals surface area contributed by atoms with Crippen molar-refractivity contribution in [2.75, 3.05) is 12.3 Å². The lowest BCUT2D eigenvalue weighted by Crippen LogP contribution is -2.24. The van der Waals surface area contributed by atoms with Crippen molar-refractivity contribution >= 4 is 17.7 Å². The zero-order valence-electron chi connectivity index (χ0n) is 10.6. The maximum Gasteiger partial charge on any atom is 0.251 e. The molecule has 4 heteroatoms. The summed E-state index contributed by atoms with van der Waals surface area (Å²) in [6.45, 7) is 0.700. The Balaban J connectivity index is 1.63. The molecule has 1 aromatic carbocycles. The zero-order valence-corrected chi connectivity index (χ0v) is 11.4. The molecular formula is C15H16N2OS. The van der Waals surface area contributed by atoms with Crippen molar-refractivity contribution < 1.29 is 4.79 Å². The molecule has 0 unspecified atom stereocenters. The lowest BCUT2D eigenvalue weighted by Gasteiger charge is -2.05. The normalized spacial score (nSPS) is 10.1. The van der Waals surface area contributed by atoms with Gasteiger partial charge in [0.25, 0.3) is 5.91 Å². The molecule has 0 fully saturated rings. The average Bonchev–Trinajstić information content (AvgIpc) is 2.49. The fourth-order valence-electron chi connectivity index (χ4n) is 1.59. The van der Waals surface area contributed by atoms with Gasteiger partial charge in [-0.25, -0.2) is 0 Å². The van der Waals surface area contributed by atoms with Gasteiger partial charge in [-0.2, -0.15) is 0 Å². The molecule has 98 valence electrons. The molecule has 1 heterocycles. The van der Waals surface area contributed by atoms with Crippen LogP contribution in [0, 0.1) is 0 Å². The third-order valence-corrected chi connectivity index (χ3v) is 3.66. The second-order valence-electron chi connectivity index (χ2n) is 4.01. The van der Waals surface area contributed by atoms with Crippen LogP contribution in [0.5, 0.6) is 0 Å². The Morgan fingerprint density at radius 2 is 1.84 bits per heavy atom. The number of aromatic nitrogens is 1. The molecule has 19 heavy (non-hydrogen) atoms. The Bertz CT molecular complexity index is 502. The van der Waals surface area contributed by atoms with Crippen LogP contribution >= 0.6 is 11.8 Å². The Labute approximate surface area is 117 Å². The summed E-state index contributed by atoms with van der Waals surface area (Å²) in [6, 6.07) is 13.3. The van der Waals surface area contributed by atoms with Crippen LogP contribution in [0.1, 0.15) is 16.8 Å². The first-order valence-corrected chi connectivity index (χ1v) is 7.21. The van der Waals surface area contributed by atoms with Crippen LogP contribution in [-0.2, 0) is 0 Å². The minimum atomic E-state index is -0.00508. The third kappa shape index (κ3) is 4.75. The van der Waals surface area contributed by atoms with Crippen LogP contribution in [0.25, 0.3) is 0 Å². The monoisotopic (exact) mass is 272 g/mol. The number of amides is 1. The standard InChI is InChI=1S/C15H16N2OS/c18-15(13-5-2-1-3-6-13)17-9-4-12-19-14-7-10-16-11-8-14/h1-3,5-8,10-11H,4,9,12H2,(H,17,18). The lowest BCUT2D eigenvalue weighted by atomic mass is 10.2. The molecule has 0 aliphatic carbocycles. The van der Waals surface area contributed by atoms with Crippen LogP contribution in [0.4, 0.5) is 0 Å². The maximum absolute atomic E-state index is 11.8. The van der Waals surface area contributed by atoms with E-state index in [4.69, 9.17) is 0 Å². The summed E-state index contributed by atoms with van der Waals surface area (Å²) in [4.78, 5) is 16.9. The van der Waals surface area contributed by atoms with E-state index in [0.717, 1.165) is 12.2 Å². The minimum absolute atomic E-state index is 0.00508. The Morgan fingerprint density at radius 1 is 1.11 bits per heavy atom. The summed E-state index contributed by atoms with van der Waals surface area (Å²) >= 11 is 1.78. The maximum atomic E-state index is 11.8. The van der Waals surface area contributed by atoms with Gasteiger partial charge in [0.2, 0.25) is 0 Å². The fourth-order valence-corrected chi connectivity index (χ4v) is 2.43. The summed E-state index contributed by atoms with van der Waals surface area (Å²) in [5, 5.41) is 2.92. The molecule has 0 saturated carbocycles. The fraction of sp³-hybridized carbons (Fsp3) is 0.200. The second-order valence-corrected chi connectivity index (χ2v) is 5.18. The van der Waals surface area contributed by atoms with Gasteiger partial charge in [-0.15, -0.1) is 11.8 Å². The first-order chi connectivity index (χ1) is 9.36. The van der Waals surface area contributed by atoms with Crippen molar-refractivity contribution in [2.45, 2.75) is 11.3 Å². The smallest absolute Gasteiger partial charge is 0.251 e. The van der Waals surface area contributed by atoms with Crippen molar-refractivity contribution in [3.63, 3.8) is 0 Å². The molecule has 3 nitrogen and oxygen atoms in total. The van der Waals surface area contributed by atoms with E-state index in [1.54, 1.807) is 24.2 Å². The number of carbonyl (C=O) groups is 1. The molecule has 0 aliphatic rings. The van der Waals surface area contributed by atoms with E-state index >= 15 is 0 Å². The largest absolute Gasteiger partial charge is 0.352 e. The highest BCUT2D eigenvalue weighted by atomic mass is 32.2. The van der Waals surface area contributed by atoms with Gasteiger partial charge in [0.15, 0.2) is 0 Å². The van der Waals surface area contributed by atoms with E-state index in [2.05, 4.69) is 10.3 Å². The Morgan fingerprint density at radius 3 is 2.58 bits per heavy atom.